The molecule has 0 fully saturated rings. The minimum Gasteiger partial charge on any atom is -0.228 e. The molecule has 4 heteroatoms. The smallest absolute Gasteiger partial charge is 0.160 e. The molecule has 13 rings (SSSR count). The summed E-state index contributed by atoms with van der Waals surface area (Å²) < 4.78 is 0. The predicted octanol–water partition coefficient (Wildman–Crippen LogP) is 16.2. The zero-order chi connectivity index (χ0) is 44.6. The van der Waals surface area contributed by atoms with E-state index in [9.17, 15) is 0 Å². The Morgan fingerprint density at radius 1 is 0.284 bits per heavy atom. The maximum atomic E-state index is 5.37. The van der Waals surface area contributed by atoms with Gasteiger partial charge >= 0.3 is 0 Å². The van der Waals surface area contributed by atoms with Gasteiger partial charge in [-0.3, -0.25) is 0 Å². The van der Waals surface area contributed by atoms with Gasteiger partial charge in [-0.2, -0.15) is 0 Å². The molecule has 0 saturated carbocycles. The first-order valence-corrected chi connectivity index (χ1v) is 22.9. The summed E-state index contributed by atoms with van der Waals surface area (Å²) in [4.78, 5) is 21.1. The number of rotatable bonds is 6. The Hall–Kier alpha value is -8.60. The molecule has 314 valence electrons. The quantitative estimate of drug-likeness (QED) is 0.167. The van der Waals surface area contributed by atoms with Crippen LogP contribution in [0.25, 0.3) is 122 Å². The van der Waals surface area contributed by atoms with Crippen molar-refractivity contribution in [3.05, 3.63) is 230 Å². The highest BCUT2D eigenvalue weighted by Crippen LogP contribution is 2.51. The summed E-state index contributed by atoms with van der Waals surface area (Å²) >= 11 is 0. The second kappa shape index (κ2) is 15.3. The average Bonchev–Trinajstić information content (AvgIpc) is 3.62. The summed E-state index contributed by atoms with van der Waals surface area (Å²) in [5, 5.41) is 6.98. The van der Waals surface area contributed by atoms with Crippen LogP contribution in [0.5, 0.6) is 0 Å². The fraction of sp³-hybridized carbons (Fsp3) is 0.0476. The standard InChI is InChI=1S/C63H42N4/c1-63(2)55-37-49(61-64-57-23-9-7-21-53(57)59(66-61)47-19-11-17-43(35-47)45-27-25-39-13-3-5-15-41(39)33-45)29-31-51(55)52-32-30-50(38-56(52)63)62-65-58-24-10-8-22-54(58)60(67-62)48-20-12-18-44(36-48)46-28-26-40-14-4-6-16-42(40)34-46/h3-38H,1-2H3. The van der Waals surface area contributed by atoms with E-state index in [1.165, 1.54) is 54.9 Å². The van der Waals surface area contributed by atoms with Crippen molar-refractivity contribution in [2.45, 2.75) is 19.3 Å². The van der Waals surface area contributed by atoms with Gasteiger partial charge in [-0.1, -0.05) is 184 Å². The Labute approximate surface area is 389 Å². The van der Waals surface area contributed by atoms with Gasteiger partial charge in [-0.15, -0.1) is 0 Å². The first-order chi connectivity index (χ1) is 32.9. The van der Waals surface area contributed by atoms with Crippen LogP contribution >= 0.6 is 0 Å². The van der Waals surface area contributed by atoms with Crippen LogP contribution in [0, 0.1) is 0 Å². The molecule has 10 aromatic carbocycles. The van der Waals surface area contributed by atoms with Gasteiger partial charge in [0.1, 0.15) is 0 Å². The van der Waals surface area contributed by atoms with Crippen LogP contribution in [0.15, 0.2) is 218 Å². The van der Waals surface area contributed by atoms with Crippen LogP contribution in [0.4, 0.5) is 0 Å². The van der Waals surface area contributed by atoms with E-state index in [-0.39, 0.29) is 5.41 Å². The fourth-order valence-corrected chi connectivity index (χ4v) is 10.3. The van der Waals surface area contributed by atoms with Gasteiger partial charge in [0.15, 0.2) is 11.6 Å². The van der Waals surface area contributed by atoms with E-state index in [0.29, 0.717) is 11.6 Å². The molecule has 2 aromatic heterocycles. The van der Waals surface area contributed by atoms with Crippen molar-refractivity contribution in [2.24, 2.45) is 0 Å². The van der Waals surface area contributed by atoms with Crippen LogP contribution in [0.1, 0.15) is 25.0 Å². The topological polar surface area (TPSA) is 51.6 Å². The molecule has 0 atom stereocenters. The minimum absolute atomic E-state index is 0.307. The Morgan fingerprint density at radius 3 is 1.15 bits per heavy atom. The summed E-state index contributed by atoms with van der Waals surface area (Å²) in [6, 6.07) is 78.0. The summed E-state index contributed by atoms with van der Waals surface area (Å²) in [6.07, 6.45) is 0. The number of fused-ring (bicyclic) bond motifs is 7. The Kier molecular flexibility index (Phi) is 8.84. The Bertz CT molecular complexity index is 3720. The maximum absolute atomic E-state index is 5.37. The summed E-state index contributed by atoms with van der Waals surface area (Å²) in [5.74, 6) is 1.42. The molecule has 12 aromatic rings. The molecule has 0 unspecified atom stereocenters. The zero-order valence-electron chi connectivity index (χ0n) is 37.1. The molecule has 0 bridgehead atoms. The van der Waals surface area contributed by atoms with Crippen LogP contribution < -0.4 is 0 Å². The van der Waals surface area contributed by atoms with E-state index in [4.69, 9.17) is 19.9 Å². The lowest BCUT2D eigenvalue weighted by Crippen LogP contribution is -2.15. The normalized spacial score (nSPS) is 12.7. The van der Waals surface area contributed by atoms with Crippen molar-refractivity contribution in [1.29, 1.82) is 0 Å². The van der Waals surface area contributed by atoms with Gasteiger partial charge in [-0.25, -0.2) is 19.9 Å². The third-order valence-electron chi connectivity index (χ3n) is 13.8. The summed E-state index contributed by atoms with van der Waals surface area (Å²) in [6.45, 7) is 4.64. The van der Waals surface area contributed by atoms with E-state index >= 15 is 0 Å². The number of hydrogen-bond acceptors (Lipinski definition) is 4. The van der Waals surface area contributed by atoms with Crippen LogP contribution in [0.3, 0.4) is 0 Å². The molecule has 4 nitrogen and oxygen atoms in total. The molecule has 0 aliphatic heterocycles. The number of benzene rings is 10. The molecule has 0 spiro atoms. The molecule has 1 aliphatic rings. The van der Waals surface area contributed by atoms with Gasteiger partial charge in [0.05, 0.1) is 22.4 Å². The largest absolute Gasteiger partial charge is 0.228 e. The third kappa shape index (κ3) is 6.60. The molecule has 67 heavy (non-hydrogen) atoms. The van der Waals surface area contributed by atoms with E-state index in [1.54, 1.807) is 0 Å². The second-order valence-corrected chi connectivity index (χ2v) is 18.3. The van der Waals surface area contributed by atoms with Crippen LogP contribution in [-0.2, 0) is 5.41 Å². The highest BCUT2D eigenvalue weighted by molar-refractivity contribution is 5.97. The molecular weight excluding hydrogens is 813 g/mol. The molecule has 0 N–H and O–H groups in total. The number of hydrogen-bond donors (Lipinski definition) is 0. The van der Waals surface area contributed by atoms with Gasteiger partial charge in [0.2, 0.25) is 0 Å². The number of aromatic nitrogens is 4. The van der Waals surface area contributed by atoms with Crippen molar-refractivity contribution in [2.75, 3.05) is 0 Å². The van der Waals surface area contributed by atoms with Crippen LogP contribution in [0.2, 0.25) is 0 Å². The van der Waals surface area contributed by atoms with Crippen molar-refractivity contribution in [1.82, 2.24) is 19.9 Å². The summed E-state index contributed by atoms with van der Waals surface area (Å²) in [7, 11) is 0. The third-order valence-corrected chi connectivity index (χ3v) is 13.8. The number of para-hydroxylation sites is 2. The molecule has 0 amide bonds. The van der Waals surface area contributed by atoms with Crippen molar-refractivity contribution in [3.8, 4) is 78.7 Å². The lowest BCUT2D eigenvalue weighted by Gasteiger charge is -2.22. The molecular formula is C63H42N4. The minimum atomic E-state index is -0.307. The average molecular weight is 855 g/mol. The van der Waals surface area contributed by atoms with Gasteiger partial charge in [0.25, 0.3) is 0 Å². The van der Waals surface area contributed by atoms with E-state index in [1.807, 2.05) is 0 Å². The first-order valence-electron chi connectivity index (χ1n) is 22.9. The lowest BCUT2D eigenvalue weighted by molar-refractivity contribution is 0.660. The zero-order valence-corrected chi connectivity index (χ0v) is 37.1. The molecule has 1 aliphatic carbocycles. The maximum Gasteiger partial charge on any atom is 0.160 e. The van der Waals surface area contributed by atoms with Crippen molar-refractivity contribution in [3.63, 3.8) is 0 Å². The molecule has 0 saturated heterocycles. The van der Waals surface area contributed by atoms with E-state index in [2.05, 4.69) is 232 Å². The monoisotopic (exact) mass is 854 g/mol. The Balaban J connectivity index is 0.866. The second-order valence-electron chi connectivity index (χ2n) is 18.3. The fourth-order valence-electron chi connectivity index (χ4n) is 10.3. The molecule has 0 radical (unpaired) electrons. The van der Waals surface area contributed by atoms with Crippen molar-refractivity contribution >= 4 is 43.4 Å². The Morgan fingerprint density at radius 2 is 0.672 bits per heavy atom. The molecule has 2 heterocycles. The van der Waals surface area contributed by atoms with E-state index < -0.39 is 0 Å². The first kappa shape index (κ1) is 38.8. The predicted molar refractivity (Wildman–Crippen MR) is 278 cm³/mol. The summed E-state index contributed by atoms with van der Waals surface area (Å²) in [5.41, 5.74) is 17.1. The van der Waals surface area contributed by atoms with Gasteiger partial charge in [0, 0.05) is 38.4 Å². The number of nitrogens with zero attached hydrogens (tertiary/aromatic N) is 4. The van der Waals surface area contributed by atoms with E-state index in [0.717, 1.165) is 66.6 Å². The highest BCUT2D eigenvalue weighted by Gasteiger charge is 2.36. The van der Waals surface area contributed by atoms with Crippen LogP contribution in [-0.4, -0.2) is 19.9 Å². The van der Waals surface area contributed by atoms with Gasteiger partial charge < -0.3 is 0 Å². The lowest BCUT2D eigenvalue weighted by atomic mass is 9.81. The van der Waals surface area contributed by atoms with Gasteiger partial charge in [-0.05, 0) is 115 Å². The highest BCUT2D eigenvalue weighted by atomic mass is 14.9. The SMILES string of the molecule is CC1(C)c2cc(-c3nc(-c4cccc(-c5ccc6ccccc6c5)c4)c4ccccc4n3)ccc2-c2ccc(-c3nc(-c4cccc(-c5ccc6ccccc6c5)c4)c4ccccc4n3)cc21. The van der Waals surface area contributed by atoms with Crippen molar-refractivity contribution < 1.29 is 0 Å².